The predicted octanol–water partition coefficient (Wildman–Crippen LogP) is 8.59. The van der Waals surface area contributed by atoms with E-state index in [4.69, 9.17) is 23.1 Å². The number of aliphatic hydroxyl groups is 1. The number of hydrogen-bond donors (Lipinski definition) is 1. The van der Waals surface area contributed by atoms with Crippen LogP contribution in [-0.4, -0.2) is 67.5 Å². The minimum Gasteiger partial charge on any atom is -0.497 e. The molecule has 0 aliphatic carbocycles. The Morgan fingerprint density at radius 2 is 1.44 bits per heavy atom. The van der Waals surface area contributed by atoms with Crippen molar-refractivity contribution in [1.82, 2.24) is 0 Å². The first-order valence-electron chi connectivity index (χ1n) is 16.0. The molecule has 1 N–H and O–H groups in total. The molecule has 0 fully saturated rings. The van der Waals surface area contributed by atoms with Crippen molar-refractivity contribution < 1.29 is 28.2 Å². The molecule has 0 aliphatic heterocycles. The van der Waals surface area contributed by atoms with Crippen LogP contribution in [0.1, 0.15) is 86.1 Å². The van der Waals surface area contributed by atoms with Gasteiger partial charge in [0, 0.05) is 25.7 Å². The molecule has 0 heterocycles. The van der Waals surface area contributed by atoms with Gasteiger partial charge in [-0.1, -0.05) is 60.6 Å². The van der Waals surface area contributed by atoms with Gasteiger partial charge in [-0.25, -0.2) is 0 Å². The second kappa shape index (κ2) is 18.8. The van der Waals surface area contributed by atoms with Gasteiger partial charge >= 0.3 is 0 Å². The molecule has 0 saturated carbocycles. The Balaban J connectivity index is 3.13. The number of rotatable bonds is 22. The molecule has 1 aromatic rings. The summed E-state index contributed by atoms with van der Waals surface area (Å²) in [5, 5.41) is 9.55. The summed E-state index contributed by atoms with van der Waals surface area (Å²) in [4.78, 5) is 0. The van der Waals surface area contributed by atoms with Crippen LogP contribution in [0, 0.1) is 5.92 Å². The Labute approximate surface area is 255 Å². The van der Waals surface area contributed by atoms with Crippen LogP contribution in [0.25, 0.3) is 0 Å². The van der Waals surface area contributed by atoms with Crippen LogP contribution in [0.5, 0.6) is 5.75 Å². The lowest BCUT2D eigenvalue weighted by molar-refractivity contribution is 0.00897. The van der Waals surface area contributed by atoms with E-state index in [-0.39, 0.29) is 35.9 Å². The SMILES string of the molecule is CC[Si](CC)(CC)O[C@@H](C[C@@H](CCC[C@@H](CCO)OC)O[Si](C)(C)C(C)(C)C)[C@H](C)COCc1ccc(OC)cc1. The van der Waals surface area contributed by atoms with Gasteiger partial charge in [-0.05, 0) is 86.1 Å². The van der Waals surface area contributed by atoms with E-state index < -0.39 is 16.6 Å². The summed E-state index contributed by atoms with van der Waals surface area (Å²) in [6, 6.07) is 11.5. The highest BCUT2D eigenvalue weighted by Gasteiger charge is 2.41. The summed E-state index contributed by atoms with van der Waals surface area (Å²) < 4.78 is 31.5. The molecule has 0 saturated heterocycles. The lowest BCUT2D eigenvalue weighted by Crippen LogP contribution is -2.47. The molecular formula is C33H64O6Si2. The van der Waals surface area contributed by atoms with Gasteiger partial charge < -0.3 is 28.2 Å². The maximum Gasteiger partial charge on any atom is 0.192 e. The molecule has 4 atom stereocenters. The zero-order valence-corrected chi connectivity index (χ0v) is 30.4. The summed E-state index contributed by atoms with van der Waals surface area (Å²) in [6.07, 6.45) is 4.75. The third-order valence-electron chi connectivity index (χ3n) is 9.38. The average molecular weight is 613 g/mol. The van der Waals surface area contributed by atoms with E-state index in [1.54, 1.807) is 14.2 Å². The van der Waals surface area contributed by atoms with Crippen molar-refractivity contribution >= 4 is 16.6 Å². The molecule has 240 valence electrons. The summed E-state index contributed by atoms with van der Waals surface area (Å²) in [5.74, 6) is 1.10. The van der Waals surface area contributed by atoms with Gasteiger partial charge in [0.15, 0.2) is 16.6 Å². The van der Waals surface area contributed by atoms with E-state index in [2.05, 4.69) is 73.7 Å². The van der Waals surface area contributed by atoms with Crippen LogP contribution in [0.15, 0.2) is 24.3 Å². The molecule has 0 bridgehead atoms. The summed E-state index contributed by atoms with van der Waals surface area (Å²) in [7, 11) is -0.405. The van der Waals surface area contributed by atoms with E-state index in [1.807, 2.05) is 12.1 Å². The van der Waals surface area contributed by atoms with Gasteiger partial charge in [-0.3, -0.25) is 0 Å². The van der Waals surface area contributed by atoms with E-state index in [1.165, 1.54) is 0 Å². The molecule has 0 spiro atoms. The van der Waals surface area contributed by atoms with Gasteiger partial charge in [-0.2, -0.15) is 0 Å². The molecule has 8 heteroatoms. The van der Waals surface area contributed by atoms with Crippen molar-refractivity contribution in [1.29, 1.82) is 0 Å². The van der Waals surface area contributed by atoms with E-state index in [9.17, 15) is 5.11 Å². The molecular weight excluding hydrogens is 549 g/mol. The first kappa shape index (κ1) is 38.3. The van der Waals surface area contributed by atoms with Crippen molar-refractivity contribution in [3.8, 4) is 5.75 Å². The molecule has 0 aromatic heterocycles. The summed E-state index contributed by atoms with van der Waals surface area (Å²) in [6.45, 7) is 22.2. The highest BCUT2D eigenvalue weighted by molar-refractivity contribution is 6.74. The number of methoxy groups -OCH3 is 2. The first-order valence-corrected chi connectivity index (χ1v) is 21.4. The summed E-state index contributed by atoms with van der Waals surface area (Å²) >= 11 is 0. The Kier molecular flexibility index (Phi) is 17.6. The number of ether oxygens (including phenoxy) is 3. The maximum absolute atomic E-state index is 9.41. The first-order chi connectivity index (χ1) is 19.3. The largest absolute Gasteiger partial charge is 0.497 e. The normalized spacial score (nSPS) is 15.9. The quantitative estimate of drug-likeness (QED) is 0.132. The fourth-order valence-electron chi connectivity index (χ4n) is 5.08. The van der Waals surface area contributed by atoms with Gasteiger partial charge in [0.25, 0.3) is 0 Å². The van der Waals surface area contributed by atoms with Crippen LogP contribution in [-0.2, 0) is 24.9 Å². The Morgan fingerprint density at radius 1 is 0.854 bits per heavy atom. The molecule has 6 nitrogen and oxygen atoms in total. The third-order valence-corrected chi connectivity index (χ3v) is 18.6. The smallest absolute Gasteiger partial charge is 0.192 e. The molecule has 0 radical (unpaired) electrons. The summed E-state index contributed by atoms with van der Waals surface area (Å²) in [5.41, 5.74) is 1.14. The molecule has 0 amide bonds. The topological polar surface area (TPSA) is 66.4 Å². The second-order valence-corrected chi connectivity index (χ2v) is 22.8. The second-order valence-electron chi connectivity index (χ2n) is 13.3. The highest BCUT2D eigenvalue weighted by atomic mass is 28.4. The van der Waals surface area contributed by atoms with E-state index >= 15 is 0 Å². The van der Waals surface area contributed by atoms with Crippen molar-refractivity contribution in [2.45, 2.75) is 142 Å². The van der Waals surface area contributed by atoms with Crippen LogP contribution < -0.4 is 4.74 Å². The van der Waals surface area contributed by atoms with Gasteiger partial charge in [-0.15, -0.1) is 0 Å². The molecule has 0 aliphatic rings. The fourth-order valence-corrected chi connectivity index (χ4v) is 9.46. The van der Waals surface area contributed by atoms with Gasteiger partial charge in [0.1, 0.15) is 5.75 Å². The predicted molar refractivity (Wildman–Crippen MR) is 177 cm³/mol. The van der Waals surface area contributed by atoms with Crippen molar-refractivity contribution in [2.75, 3.05) is 27.4 Å². The zero-order chi connectivity index (χ0) is 31.1. The van der Waals surface area contributed by atoms with Gasteiger partial charge in [0.2, 0.25) is 0 Å². The lowest BCUT2D eigenvalue weighted by atomic mass is 9.96. The van der Waals surface area contributed by atoms with Crippen LogP contribution >= 0.6 is 0 Å². The number of hydrogen-bond acceptors (Lipinski definition) is 6. The third kappa shape index (κ3) is 13.2. The zero-order valence-electron chi connectivity index (χ0n) is 28.4. The highest BCUT2D eigenvalue weighted by Crippen LogP contribution is 2.39. The monoisotopic (exact) mass is 612 g/mol. The Morgan fingerprint density at radius 3 is 1.93 bits per heavy atom. The van der Waals surface area contributed by atoms with Crippen molar-refractivity contribution in [2.24, 2.45) is 5.92 Å². The fraction of sp³-hybridized carbons (Fsp3) is 0.818. The lowest BCUT2D eigenvalue weighted by Gasteiger charge is -2.42. The van der Waals surface area contributed by atoms with E-state index in [0.717, 1.165) is 55.1 Å². The number of benzene rings is 1. The molecule has 1 aromatic carbocycles. The van der Waals surface area contributed by atoms with Crippen LogP contribution in [0.2, 0.25) is 36.3 Å². The van der Waals surface area contributed by atoms with Crippen LogP contribution in [0.3, 0.4) is 0 Å². The van der Waals surface area contributed by atoms with Gasteiger partial charge in [0.05, 0.1) is 32.5 Å². The maximum atomic E-state index is 9.41. The van der Waals surface area contributed by atoms with E-state index in [0.29, 0.717) is 19.6 Å². The standard InChI is InChI=1S/C33H64O6Si2/c1-12-41(13-2,14-3)39-32(27(4)25-37-26-28-18-20-30(36-9)21-19-28)24-31(38-40(10,11)33(5,6)7)17-15-16-29(35-8)22-23-34/h18-21,27,29,31-32,34H,12-17,22-26H2,1-11H3/t27-,29+,31-,32+/m1/s1. The molecule has 41 heavy (non-hydrogen) atoms. The number of aliphatic hydroxyl groups excluding tert-OH is 1. The average Bonchev–Trinajstić information content (AvgIpc) is 2.94. The molecule has 0 unspecified atom stereocenters. The molecule has 1 rings (SSSR count). The van der Waals surface area contributed by atoms with Crippen molar-refractivity contribution in [3.05, 3.63) is 29.8 Å². The minimum absolute atomic E-state index is 0.0859. The van der Waals surface area contributed by atoms with Crippen molar-refractivity contribution in [3.63, 3.8) is 0 Å². The Bertz CT molecular complexity index is 799. The van der Waals surface area contributed by atoms with Crippen LogP contribution in [0.4, 0.5) is 0 Å². The minimum atomic E-state index is -1.99. The Hall–Kier alpha value is -0.746.